The molecule has 0 bridgehead atoms. The third-order valence-corrected chi connectivity index (χ3v) is 3.41. The molecule has 0 atom stereocenters. The van der Waals surface area contributed by atoms with Crippen LogP contribution in [0.2, 0.25) is 0 Å². The molecule has 0 aliphatic carbocycles. The third kappa shape index (κ3) is 3.61. The molecule has 1 aromatic rings. The number of carbonyl (C=O) groups is 2. The van der Waals surface area contributed by atoms with E-state index in [0.29, 0.717) is 37.3 Å². The summed E-state index contributed by atoms with van der Waals surface area (Å²) in [6.45, 7) is 8.75. The Morgan fingerprint density at radius 2 is 2.00 bits per heavy atom. The van der Waals surface area contributed by atoms with Gasteiger partial charge in [0.05, 0.1) is 5.69 Å². The zero-order valence-electron chi connectivity index (χ0n) is 13.1. The fourth-order valence-electron chi connectivity index (χ4n) is 2.31. The molecule has 1 aromatic carbocycles. The molecule has 5 heteroatoms. The minimum Gasteiger partial charge on any atom is -0.334 e. The maximum atomic E-state index is 12.6. The molecule has 1 aliphatic rings. The molecule has 0 saturated carbocycles. The Bertz CT molecular complexity index is 608. The lowest BCUT2D eigenvalue weighted by molar-refractivity contribution is -0.123. The van der Waals surface area contributed by atoms with Crippen LogP contribution in [0, 0.1) is 0 Å². The highest BCUT2D eigenvalue weighted by molar-refractivity contribution is 6.40. The van der Waals surface area contributed by atoms with Gasteiger partial charge in [0.25, 0.3) is 5.91 Å². The third-order valence-electron chi connectivity index (χ3n) is 3.41. The van der Waals surface area contributed by atoms with E-state index in [0.717, 1.165) is 5.57 Å². The number of hydrogen-bond acceptors (Lipinski definition) is 3. The van der Waals surface area contributed by atoms with Crippen molar-refractivity contribution in [1.29, 1.82) is 0 Å². The van der Waals surface area contributed by atoms with Crippen LogP contribution in [0.3, 0.4) is 0 Å². The number of likely N-dealkylation sites (N-methyl/N-ethyl adjacent to an activating group) is 1. The van der Waals surface area contributed by atoms with Crippen molar-refractivity contribution in [2.24, 2.45) is 5.10 Å². The van der Waals surface area contributed by atoms with E-state index in [1.54, 1.807) is 17.0 Å². The molecule has 116 valence electrons. The summed E-state index contributed by atoms with van der Waals surface area (Å²) in [4.78, 5) is 26.3. The van der Waals surface area contributed by atoms with Gasteiger partial charge in [0.15, 0.2) is 0 Å². The van der Waals surface area contributed by atoms with Gasteiger partial charge in [-0.3, -0.25) is 9.59 Å². The summed E-state index contributed by atoms with van der Waals surface area (Å²) in [5.41, 5.74) is 2.02. The molecule has 5 nitrogen and oxygen atoms in total. The number of carbonyl (C=O) groups excluding carboxylic acids is 2. The summed E-state index contributed by atoms with van der Waals surface area (Å²) in [7, 11) is 0. The quantitative estimate of drug-likeness (QED) is 0.785. The van der Waals surface area contributed by atoms with Gasteiger partial charge in [0, 0.05) is 25.9 Å². The second kappa shape index (κ2) is 7.02. The lowest BCUT2D eigenvalue weighted by Gasteiger charge is -2.26. The number of para-hydroxylation sites is 1. The number of rotatable bonds is 5. The Kier molecular flexibility index (Phi) is 5.09. The number of nitrogens with zero attached hydrogens (tertiary/aromatic N) is 3. The Balaban J connectivity index is 2.25. The average Bonchev–Trinajstić information content (AvgIpc) is 2.53. The number of anilines is 1. The average molecular weight is 299 g/mol. The van der Waals surface area contributed by atoms with Crippen molar-refractivity contribution in [2.75, 3.05) is 18.1 Å². The maximum Gasteiger partial charge on any atom is 0.270 e. The van der Waals surface area contributed by atoms with Crippen molar-refractivity contribution in [2.45, 2.75) is 26.7 Å². The van der Waals surface area contributed by atoms with Crippen LogP contribution < -0.4 is 5.01 Å². The van der Waals surface area contributed by atoms with Gasteiger partial charge < -0.3 is 4.90 Å². The van der Waals surface area contributed by atoms with Gasteiger partial charge in [0.1, 0.15) is 5.71 Å². The normalized spacial score (nSPS) is 14.5. The molecule has 22 heavy (non-hydrogen) atoms. The van der Waals surface area contributed by atoms with Crippen LogP contribution in [0.1, 0.15) is 26.7 Å². The summed E-state index contributed by atoms with van der Waals surface area (Å²) < 4.78 is 0. The summed E-state index contributed by atoms with van der Waals surface area (Å²) in [5, 5.41) is 5.61. The molecule has 1 aliphatic heterocycles. The van der Waals surface area contributed by atoms with E-state index >= 15 is 0 Å². The maximum absolute atomic E-state index is 12.6. The van der Waals surface area contributed by atoms with E-state index in [-0.39, 0.29) is 11.8 Å². The van der Waals surface area contributed by atoms with Crippen molar-refractivity contribution in [3.63, 3.8) is 0 Å². The number of amides is 2. The van der Waals surface area contributed by atoms with Gasteiger partial charge in [-0.15, -0.1) is 0 Å². The van der Waals surface area contributed by atoms with Gasteiger partial charge in [0.2, 0.25) is 5.91 Å². The minimum atomic E-state index is -0.126. The van der Waals surface area contributed by atoms with E-state index in [2.05, 4.69) is 11.7 Å². The topological polar surface area (TPSA) is 53.0 Å². The van der Waals surface area contributed by atoms with Crippen molar-refractivity contribution in [3.05, 3.63) is 42.5 Å². The van der Waals surface area contributed by atoms with E-state index in [4.69, 9.17) is 0 Å². The van der Waals surface area contributed by atoms with Crippen LogP contribution in [0.5, 0.6) is 0 Å². The fraction of sp³-hybridized carbons (Fsp3) is 0.353. The summed E-state index contributed by atoms with van der Waals surface area (Å²) in [5.74, 6) is -0.218. The lowest BCUT2D eigenvalue weighted by Crippen LogP contribution is -2.42. The van der Waals surface area contributed by atoms with Crippen LogP contribution in [-0.2, 0) is 9.59 Å². The number of hydrazone groups is 1. The molecule has 0 radical (unpaired) electrons. The Labute approximate surface area is 130 Å². The molecule has 0 spiro atoms. The summed E-state index contributed by atoms with van der Waals surface area (Å²) in [6.07, 6.45) is 0.678. The van der Waals surface area contributed by atoms with E-state index < -0.39 is 0 Å². The van der Waals surface area contributed by atoms with Crippen LogP contribution in [0.15, 0.2) is 47.6 Å². The standard InChI is InChI=1S/C17H21N3O2/c1-4-19(12-13(2)3)17(22)15-10-11-16(21)20(18-15)14-8-6-5-7-9-14/h5-9H,2,4,10-12H2,1,3H3. The number of hydrogen-bond donors (Lipinski definition) is 0. The summed E-state index contributed by atoms with van der Waals surface area (Å²) in [6, 6.07) is 9.17. The first-order chi connectivity index (χ1) is 10.5. The first kappa shape index (κ1) is 15.9. The van der Waals surface area contributed by atoms with Gasteiger partial charge in [-0.25, -0.2) is 5.01 Å². The zero-order chi connectivity index (χ0) is 16.1. The van der Waals surface area contributed by atoms with Crippen LogP contribution in [0.4, 0.5) is 5.69 Å². The molecule has 0 N–H and O–H groups in total. The Morgan fingerprint density at radius 1 is 1.32 bits per heavy atom. The molecule has 2 amide bonds. The zero-order valence-corrected chi connectivity index (χ0v) is 13.1. The molecule has 0 aromatic heterocycles. The van der Waals surface area contributed by atoms with Crippen molar-refractivity contribution < 1.29 is 9.59 Å². The molecular weight excluding hydrogens is 278 g/mol. The van der Waals surface area contributed by atoms with E-state index in [9.17, 15) is 9.59 Å². The highest BCUT2D eigenvalue weighted by Crippen LogP contribution is 2.20. The van der Waals surface area contributed by atoms with Crippen molar-refractivity contribution in [1.82, 2.24) is 4.90 Å². The van der Waals surface area contributed by atoms with Gasteiger partial charge in [-0.05, 0) is 26.0 Å². The number of benzene rings is 1. The highest BCUT2D eigenvalue weighted by atomic mass is 16.2. The molecule has 1 heterocycles. The summed E-state index contributed by atoms with van der Waals surface area (Å²) >= 11 is 0. The van der Waals surface area contributed by atoms with E-state index in [1.165, 1.54) is 5.01 Å². The Hall–Kier alpha value is -2.43. The second-order valence-electron chi connectivity index (χ2n) is 5.36. The largest absolute Gasteiger partial charge is 0.334 e. The van der Waals surface area contributed by atoms with Gasteiger partial charge in [-0.2, -0.15) is 5.10 Å². The smallest absolute Gasteiger partial charge is 0.270 e. The SMILES string of the molecule is C=C(C)CN(CC)C(=O)C1=NN(c2ccccc2)C(=O)CC1. The first-order valence-electron chi connectivity index (χ1n) is 7.42. The highest BCUT2D eigenvalue weighted by Gasteiger charge is 2.27. The van der Waals surface area contributed by atoms with Crippen LogP contribution in [-0.4, -0.2) is 35.5 Å². The van der Waals surface area contributed by atoms with Crippen LogP contribution in [0.25, 0.3) is 0 Å². The predicted octanol–water partition coefficient (Wildman–Crippen LogP) is 2.59. The molecule has 2 rings (SSSR count). The Morgan fingerprint density at radius 3 is 2.59 bits per heavy atom. The van der Waals surface area contributed by atoms with Crippen molar-refractivity contribution in [3.8, 4) is 0 Å². The second-order valence-corrected chi connectivity index (χ2v) is 5.36. The van der Waals surface area contributed by atoms with E-state index in [1.807, 2.05) is 32.0 Å². The van der Waals surface area contributed by atoms with Crippen molar-refractivity contribution >= 4 is 23.2 Å². The minimum absolute atomic E-state index is 0.0919. The fourth-order valence-corrected chi connectivity index (χ4v) is 2.31. The first-order valence-corrected chi connectivity index (χ1v) is 7.42. The molecule has 0 saturated heterocycles. The van der Waals surface area contributed by atoms with Gasteiger partial charge in [-0.1, -0.05) is 30.4 Å². The molecule has 0 unspecified atom stereocenters. The van der Waals surface area contributed by atoms with Crippen LogP contribution >= 0.6 is 0 Å². The molecule has 0 fully saturated rings. The lowest BCUT2D eigenvalue weighted by atomic mass is 10.1. The molecular formula is C17H21N3O2. The monoisotopic (exact) mass is 299 g/mol. The van der Waals surface area contributed by atoms with Gasteiger partial charge >= 0.3 is 0 Å². The predicted molar refractivity (Wildman–Crippen MR) is 87.7 cm³/mol.